The standard InChI is InChI=1S/C20H18O8/c21-17(27-15-9-5-13(6-10-15)19(23)24)3-1-2-4-18(22)28-16-11-7-14(8-12-16)20(25)26/h5-12H,1-4H2,(H,23,24)(H,25,26). The number of rotatable bonds is 9. The van der Waals surface area contributed by atoms with Gasteiger partial charge in [-0.3, -0.25) is 9.59 Å². The van der Waals surface area contributed by atoms with Crippen molar-refractivity contribution in [2.75, 3.05) is 0 Å². The van der Waals surface area contributed by atoms with E-state index in [1.54, 1.807) is 0 Å². The molecule has 0 saturated heterocycles. The van der Waals surface area contributed by atoms with Crippen LogP contribution in [0.4, 0.5) is 0 Å². The Morgan fingerprint density at radius 2 is 0.929 bits per heavy atom. The van der Waals surface area contributed by atoms with E-state index in [1.165, 1.54) is 48.5 Å². The molecule has 2 rings (SSSR count). The predicted octanol–water partition coefficient (Wildman–Crippen LogP) is 3.15. The summed E-state index contributed by atoms with van der Waals surface area (Å²) in [7, 11) is 0. The highest BCUT2D eigenvalue weighted by Crippen LogP contribution is 2.15. The number of carbonyl (C=O) groups is 4. The minimum Gasteiger partial charge on any atom is -0.478 e. The Labute approximate surface area is 160 Å². The summed E-state index contributed by atoms with van der Waals surface area (Å²) in [5, 5.41) is 17.6. The maximum atomic E-state index is 11.8. The molecule has 0 spiro atoms. The van der Waals surface area contributed by atoms with Gasteiger partial charge in [-0.2, -0.15) is 0 Å². The summed E-state index contributed by atoms with van der Waals surface area (Å²) < 4.78 is 10.2. The van der Waals surface area contributed by atoms with Crippen LogP contribution >= 0.6 is 0 Å². The third-order valence-corrected chi connectivity index (χ3v) is 3.68. The van der Waals surface area contributed by atoms with Crippen molar-refractivity contribution in [3.8, 4) is 11.5 Å². The number of ether oxygens (including phenoxy) is 2. The Morgan fingerprint density at radius 1 is 0.607 bits per heavy atom. The van der Waals surface area contributed by atoms with Crippen LogP contribution in [-0.2, 0) is 9.59 Å². The maximum absolute atomic E-state index is 11.8. The van der Waals surface area contributed by atoms with E-state index in [9.17, 15) is 19.2 Å². The smallest absolute Gasteiger partial charge is 0.335 e. The number of hydrogen-bond donors (Lipinski definition) is 2. The zero-order valence-corrected chi connectivity index (χ0v) is 14.8. The van der Waals surface area contributed by atoms with Crippen molar-refractivity contribution in [2.24, 2.45) is 0 Å². The first kappa shape index (κ1) is 20.6. The topological polar surface area (TPSA) is 127 Å². The highest BCUT2D eigenvalue weighted by atomic mass is 16.5. The lowest BCUT2D eigenvalue weighted by molar-refractivity contribution is -0.136. The van der Waals surface area contributed by atoms with E-state index in [-0.39, 0.29) is 35.5 Å². The fourth-order valence-electron chi connectivity index (χ4n) is 2.23. The summed E-state index contributed by atoms with van der Waals surface area (Å²) in [6.45, 7) is 0. The monoisotopic (exact) mass is 386 g/mol. The van der Waals surface area contributed by atoms with Gasteiger partial charge in [0.15, 0.2) is 0 Å². The average Bonchev–Trinajstić information content (AvgIpc) is 2.66. The van der Waals surface area contributed by atoms with Gasteiger partial charge in [0.2, 0.25) is 0 Å². The largest absolute Gasteiger partial charge is 0.478 e. The van der Waals surface area contributed by atoms with Crippen LogP contribution in [0, 0.1) is 0 Å². The van der Waals surface area contributed by atoms with E-state index in [2.05, 4.69) is 0 Å². The summed E-state index contributed by atoms with van der Waals surface area (Å²) in [6, 6.07) is 10.9. The molecule has 2 aromatic rings. The number of aromatic carboxylic acids is 2. The molecule has 0 aliphatic rings. The molecule has 8 nitrogen and oxygen atoms in total. The summed E-state index contributed by atoms with van der Waals surface area (Å²) in [6.07, 6.45) is 1.03. The second-order valence-electron chi connectivity index (χ2n) is 5.81. The average molecular weight is 386 g/mol. The molecule has 0 unspecified atom stereocenters. The van der Waals surface area contributed by atoms with Crippen molar-refractivity contribution in [1.29, 1.82) is 0 Å². The molecule has 0 aliphatic heterocycles. The Hall–Kier alpha value is -3.68. The number of carboxylic acid groups (broad SMARTS) is 2. The Balaban J connectivity index is 1.67. The first-order valence-electron chi connectivity index (χ1n) is 8.43. The normalized spacial score (nSPS) is 10.1. The Bertz CT molecular complexity index is 779. The SMILES string of the molecule is O=C(CCCCC(=O)Oc1ccc(C(=O)O)cc1)Oc1ccc(C(=O)O)cc1. The Morgan fingerprint density at radius 3 is 1.21 bits per heavy atom. The van der Waals surface area contributed by atoms with Crippen LogP contribution in [0.2, 0.25) is 0 Å². The van der Waals surface area contributed by atoms with Crippen LogP contribution in [0.25, 0.3) is 0 Å². The van der Waals surface area contributed by atoms with Gasteiger partial charge in [0.05, 0.1) is 11.1 Å². The van der Waals surface area contributed by atoms with Gasteiger partial charge in [-0.05, 0) is 61.4 Å². The van der Waals surface area contributed by atoms with Crippen LogP contribution in [0.1, 0.15) is 46.4 Å². The van der Waals surface area contributed by atoms with E-state index in [0.29, 0.717) is 12.8 Å². The molecule has 8 heteroatoms. The molecule has 0 saturated carbocycles. The zero-order valence-electron chi connectivity index (χ0n) is 14.8. The third-order valence-electron chi connectivity index (χ3n) is 3.68. The number of esters is 2. The van der Waals surface area contributed by atoms with Crippen molar-refractivity contribution >= 4 is 23.9 Å². The lowest BCUT2D eigenvalue weighted by Gasteiger charge is -2.06. The molecule has 0 heterocycles. The number of benzene rings is 2. The van der Waals surface area contributed by atoms with Gasteiger partial charge in [-0.15, -0.1) is 0 Å². The third kappa shape index (κ3) is 6.56. The second-order valence-corrected chi connectivity index (χ2v) is 5.81. The van der Waals surface area contributed by atoms with Gasteiger partial charge >= 0.3 is 23.9 Å². The zero-order chi connectivity index (χ0) is 20.5. The van der Waals surface area contributed by atoms with Crippen LogP contribution in [-0.4, -0.2) is 34.1 Å². The molecule has 0 radical (unpaired) electrons. The van der Waals surface area contributed by atoms with Crippen LogP contribution in [0.5, 0.6) is 11.5 Å². The van der Waals surface area contributed by atoms with E-state index in [0.717, 1.165) is 0 Å². The first-order chi connectivity index (χ1) is 13.3. The first-order valence-corrected chi connectivity index (χ1v) is 8.43. The van der Waals surface area contributed by atoms with Gasteiger partial charge < -0.3 is 19.7 Å². The van der Waals surface area contributed by atoms with Crippen molar-refractivity contribution < 1.29 is 38.9 Å². The molecule has 0 aliphatic carbocycles. The van der Waals surface area contributed by atoms with Gasteiger partial charge in [-0.25, -0.2) is 9.59 Å². The summed E-state index contributed by atoms with van der Waals surface area (Å²) >= 11 is 0. The van der Waals surface area contributed by atoms with Gasteiger partial charge in [0.1, 0.15) is 11.5 Å². The van der Waals surface area contributed by atoms with Gasteiger partial charge in [0, 0.05) is 12.8 Å². The molecule has 146 valence electrons. The quantitative estimate of drug-likeness (QED) is 0.382. The van der Waals surface area contributed by atoms with Gasteiger partial charge in [-0.1, -0.05) is 0 Å². The lowest BCUT2D eigenvalue weighted by atomic mass is 10.2. The molecule has 0 bridgehead atoms. The fourth-order valence-corrected chi connectivity index (χ4v) is 2.23. The summed E-state index contributed by atoms with van der Waals surface area (Å²) in [4.78, 5) is 45.0. The van der Waals surface area contributed by atoms with Crippen molar-refractivity contribution in [3.63, 3.8) is 0 Å². The summed E-state index contributed by atoms with van der Waals surface area (Å²) in [5.41, 5.74) is 0.187. The molecule has 0 amide bonds. The van der Waals surface area contributed by atoms with E-state index >= 15 is 0 Å². The highest BCUT2D eigenvalue weighted by molar-refractivity contribution is 5.88. The number of hydrogen-bond acceptors (Lipinski definition) is 6. The number of carbonyl (C=O) groups excluding carboxylic acids is 2. The van der Waals surface area contributed by atoms with Crippen LogP contribution in [0.3, 0.4) is 0 Å². The molecule has 0 aromatic heterocycles. The molecule has 0 atom stereocenters. The molecule has 2 aromatic carbocycles. The van der Waals surface area contributed by atoms with Crippen LogP contribution in [0.15, 0.2) is 48.5 Å². The van der Waals surface area contributed by atoms with Crippen LogP contribution < -0.4 is 9.47 Å². The predicted molar refractivity (Wildman–Crippen MR) is 96.5 cm³/mol. The second kappa shape index (κ2) is 9.86. The highest BCUT2D eigenvalue weighted by Gasteiger charge is 2.10. The molecular weight excluding hydrogens is 368 g/mol. The molecular formula is C20H18O8. The number of unbranched alkanes of at least 4 members (excludes halogenated alkanes) is 1. The van der Waals surface area contributed by atoms with Crippen molar-refractivity contribution in [3.05, 3.63) is 59.7 Å². The minimum atomic E-state index is -1.07. The molecule has 28 heavy (non-hydrogen) atoms. The van der Waals surface area contributed by atoms with E-state index in [4.69, 9.17) is 19.7 Å². The lowest BCUT2D eigenvalue weighted by Crippen LogP contribution is -2.10. The van der Waals surface area contributed by atoms with Gasteiger partial charge in [0.25, 0.3) is 0 Å². The maximum Gasteiger partial charge on any atom is 0.335 e. The van der Waals surface area contributed by atoms with Crippen molar-refractivity contribution in [2.45, 2.75) is 25.7 Å². The van der Waals surface area contributed by atoms with E-state index in [1.807, 2.05) is 0 Å². The van der Waals surface area contributed by atoms with E-state index < -0.39 is 23.9 Å². The molecule has 2 N–H and O–H groups in total. The molecule has 0 fully saturated rings. The Kier molecular flexibility index (Phi) is 7.27. The fraction of sp³-hybridized carbons (Fsp3) is 0.200. The minimum absolute atomic E-state index is 0.0934. The summed E-state index contributed by atoms with van der Waals surface area (Å²) in [5.74, 6) is -2.61. The number of carboxylic acids is 2. The van der Waals surface area contributed by atoms with Crippen molar-refractivity contribution in [1.82, 2.24) is 0 Å².